The molecule has 0 rings (SSSR count). The summed E-state index contributed by atoms with van der Waals surface area (Å²) in [5.74, 6) is 0. The third-order valence-corrected chi connectivity index (χ3v) is 0. The lowest BCUT2D eigenvalue weighted by Gasteiger charge is -1.82. The van der Waals surface area contributed by atoms with E-state index in [-0.39, 0.29) is 0 Å². The SMILES string of the molecule is O=P(O)(O)O.O=[P+](O)O.O=[PH2+]. The fourth-order valence-electron chi connectivity index (χ4n) is 0. The van der Waals surface area contributed by atoms with E-state index in [4.69, 9.17) is 38.2 Å². The van der Waals surface area contributed by atoms with E-state index in [0.717, 1.165) is 0 Å². The Labute approximate surface area is 64.3 Å². The van der Waals surface area contributed by atoms with Gasteiger partial charge in [0.2, 0.25) is 0 Å². The van der Waals surface area contributed by atoms with E-state index >= 15 is 0 Å². The highest BCUT2D eigenvalue weighted by Gasteiger charge is 2.00. The van der Waals surface area contributed by atoms with Gasteiger partial charge in [-0.15, -0.1) is 9.79 Å². The quantitative estimate of drug-likeness (QED) is 0.327. The van der Waals surface area contributed by atoms with E-state index in [1.807, 2.05) is 0 Å². The second-order valence-electron chi connectivity index (χ2n) is 0.766. The fraction of sp³-hybridized carbons (Fsp3) is 0. The summed E-state index contributed by atoms with van der Waals surface area (Å²) in [5.41, 5.74) is 0. The molecule has 0 radical (unpaired) electrons. The first-order chi connectivity index (χ1) is 4.73. The van der Waals surface area contributed by atoms with Crippen LogP contribution >= 0.6 is 25.2 Å². The first-order valence-corrected chi connectivity index (χ1v) is 4.80. The Morgan fingerprint density at radius 2 is 1.09 bits per heavy atom. The van der Waals surface area contributed by atoms with Crippen LogP contribution in [0, 0.1) is 0 Å². The number of hydrogen-bond donors (Lipinski definition) is 5. The van der Waals surface area contributed by atoms with E-state index in [1.54, 1.807) is 0 Å². The average molecular weight is 228 g/mol. The lowest BCUT2D eigenvalue weighted by Crippen LogP contribution is -1.66. The minimum Gasteiger partial charge on any atom is -0.303 e. The predicted octanol–water partition coefficient (Wildman–Crippen LogP) is -1.09. The van der Waals surface area contributed by atoms with Crippen molar-refractivity contribution in [2.45, 2.75) is 0 Å². The van der Waals surface area contributed by atoms with Gasteiger partial charge in [-0.25, -0.2) is 4.57 Å². The van der Waals surface area contributed by atoms with Crippen LogP contribution < -0.4 is 0 Å². The number of hydrogen-bond acceptors (Lipinski definition) is 3. The summed E-state index contributed by atoms with van der Waals surface area (Å²) in [7, 11) is -6.34. The molecule has 0 aliphatic heterocycles. The summed E-state index contributed by atoms with van der Waals surface area (Å²) >= 11 is 0. The van der Waals surface area contributed by atoms with Crippen molar-refractivity contribution < 1.29 is 38.2 Å². The molecule has 0 aromatic carbocycles. The van der Waals surface area contributed by atoms with E-state index in [1.165, 1.54) is 9.12 Å². The molecule has 0 amide bonds. The van der Waals surface area contributed by atoms with Crippen molar-refractivity contribution in [2.75, 3.05) is 0 Å². The fourth-order valence-corrected chi connectivity index (χ4v) is 0. The molecule has 68 valence electrons. The highest BCUT2D eigenvalue weighted by Crippen LogP contribution is 2.25. The summed E-state index contributed by atoms with van der Waals surface area (Å²) in [5, 5.41) is 0. The Morgan fingerprint density at radius 1 is 1.09 bits per heavy atom. The normalized spacial score (nSPS) is 8.09. The molecule has 1 atom stereocenters. The zero-order chi connectivity index (χ0) is 10.1. The largest absolute Gasteiger partial charge is 0.692 e. The minimum atomic E-state index is -4.64. The van der Waals surface area contributed by atoms with Crippen molar-refractivity contribution >= 4 is 25.2 Å². The van der Waals surface area contributed by atoms with Gasteiger partial charge in [0.15, 0.2) is 0 Å². The molecule has 8 nitrogen and oxygen atoms in total. The van der Waals surface area contributed by atoms with Gasteiger partial charge < -0.3 is 14.7 Å². The summed E-state index contributed by atoms with van der Waals surface area (Å²) in [4.78, 5) is 35.8. The van der Waals surface area contributed by atoms with Gasteiger partial charge in [0.05, 0.1) is 0 Å². The zero-order valence-electron chi connectivity index (χ0n) is 4.93. The van der Waals surface area contributed by atoms with Gasteiger partial charge in [-0.1, -0.05) is 4.57 Å². The van der Waals surface area contributed by atoms with Crippen molar-refractivity contribution in [3.05, 3.63) is 0 Å². The van der Waals surface area contributed by atoms with Crippen LogP contribution in [0.5, 0.6) is 0 Å². The molecule has 0 fully saturated rings. The monoisotopic (exact) mass is 228 g/mol. The topological polar surface area (TPSA) is 152 Å². The summed E-state index contributed by atoms with van der Waals surface area (Å²) in [6.07, 6.45) is 0. The highest BCUT2D eigenvalue weighted by molar-refractivity contribution is 7.45. The van der Waals surface area contributed by atoms with Crippen LogP contribution in [-0.4, -0.2) is 24.5 Å². The van der Waals surface area contributed by atoms with Crippen LogP contribution in [0.15, 0.2) is 0 Å². The van der Waals surface area contributed by atoms with Gasteiger partial charge in [0, 0.05) is 4.57 Å². The maximum Gasteiger partial charge on any atom is 0.692 e. The summed E-state index contributed by atoms with van der Waals surface area (Å²) in [6.45, 7) is 0. The van der Waals surface area contributed by atoms with E-state index in [0.29, 0.717) is 0 Å². The van der Waals surface area contributed by atoms with Gasteiger partial charge >= 0.3 is 25.2 Å². The molecule has 0 aliphatic rings. The number of phosphoric acid groups is 1. The summed E-state index contributed by atoms with van der Waals surface area (Å²) in [6, 6.07) is 0. The van der Waals surface area contributed by atoms with Crippen molar-refractivity contribution in [3.8, 4) is 0 Å². The Hall–Kier alpha value is 0.230. The molecule has 11 heteroatoms. The molecule has 0 aliphatic carbocycles. The summed E-state index contributed by atoms with van der Waals surface area (Å²) < 4.78 is 25.8. The van der Waals surface area contributed by atoms with Gasteiger partial charge in [-0.2, -0.15) is 0 Å². The lowest BCUT2D eigenvalue weighted by molar-refractivity contribution is 0.275. The first kappa shape index (κ1) is 17.4. The van der Waals surface area contributed by atoms with E-state index in [9.17, 15) is 0 Å². The molecule has 1 unspecified atom stereocenters. The number of rotatable bonds is 0. The van der Waals surface area contributed by atoms with Gasteiger partial charge in [-0.3, -0.25) is 0 Å². The molecule has 0 spiro atoms. The van der Waals surface area contributed by atoms with Crippen molar-refractivity contribution in [1.82, 2.24) is 0 Å². The van der Waals surface area contributed by atoms with Crippen molar-refractivity contribution in [3.63, 3.8) is 0 Å². The molecule has 5 N–H and O–H groups in total. The third-order valence-electron chi connectivity index (χ3n) is 0. The van der Waals surface area contributed by atoms with Gasteiger partial charge in [0.25, 0.3) is 0 Å². The van der Waals surface area contributed by atoms with Crippen LogP contribution in [-0.2, 0) is 13.7 Å². The molecule has 11 heavy (non-hydrogen) atoms. The van der Waals surface area contributed by atoms with Crippen molar-refractivity contribution in [1.29, 1.82) is 0 Å². The Bertz CT molecular complexity index is 120. The average Bonchev–Trinajstić information content (AvgIpc) is 1.63. The maximum atomic E-state index is 8.88. The molecule has 0 aromatic rings. The molecular formula is H7O8P3+2. The molecule has 0 saturated heterocycles. The smallest absolute Gasteiger partial charge is 0.303 e. The molecule has 0 saturated carbocycles. The Morgan fingerprint density at radius 3 is 1.09 bits per heavy atom. The van der Waals surface area contributed by atoms with Gasteiger partial charge in [-0.05, 0) is 0 Å². The molecule has 0 aromatic heterocycles. The van der Waals surface area contributed by atoms with Crippen LogP contribution in [0.25, 0.3) is 0 Å². The molecule has 0 heterocycles. The minimum absolute atomic E-state index is 1.17. The van der Waals surface area contributed by atoms with E-state index in [2.05, 4.69) is 0 Å². The first-order valence-electron chi connectivity index (χ1n) is 1.60. The molecule has 0 bridgehead atoms. The second kappa shape index (κ2) is 10.2. The zero-order valence-corrected chi connectivity index (χ0v) is 7.88. The van der Waals surface area contributed by atoms with E-state index < -0.39 is 16.1 Å². The molecular weight excluding hydrogens is 221 g/mol. The second-order valence-corrected chi connectivity index (χ2v) is 2.30. The Balaban J connectivity index is -0.0000000965. The van der Waals surface area contributed by atoms with Gasteiger partial charge in [0.1, 0.15) is 0 Å². The Kier molecular flexibility index (Phi) is 16.1. The van der Waals surface area contributed by atoms with Crippen molar-refractivity contribution in [2.24, 2.45) is 0 Å². The third kappa shape index (κ3) is 13100. The lowest BCUT2D eigenvalue weighted by atomic mass is 15.8. The maximum absolute atomic E-state index is 8.88. The van der Waals surface area contributed by atoms with Crippen LogP contribution in [0.2, 0.25) is 0 Å². The predicted molar refractivity (Wildman–Crippen MR) is 36.7 cm³/mol. The van der Waals surface area contributed by atoms with Crippen LogP contribution in [0.1, 0.15) is 0 Å². The van der Waals surface area contributed by atoms with Crippen LogP contribution in [0.4, 0.5) is 0 Å². The van der Waals surface area contributed by atoms with Crippen LogP contribution in [0.3, 0.4) is 0 Å². The highest BCUT2D eigenvalue weighted by atomic mass is 31.2. The standard InChI is InChI=1S/H3O4P.HO3P.H2OP/c1-5(2,3)4;1-4(2)3;1-2/h(H3,1,2,3,4);(H-,1,2,3);2H2/q;;+1/p+1.